The van der Waals surface area contributed by atoms with Crippen molar-refractivity contribution < 1.29 is 9.84 Å². The standard InChI is InChI=1S/C10H9IO2S/c1-2-13-7-3-4-8-9(10(7)11)6(12)5-14-8/h3-5,12H,2H2,1H3. The first-order valence-electron chi connectivity index (χ1n) is 4.25. The van der Waals surface area contributed by atoms with E-state index in [2.05, 4.69) is 22.6 Å². The molecule has 74 valence electrons. The highest BCUT2D eigenvalue weighted by Crippen LogP contribution is 2.38. The van der Waals surface area contributed by atoms with Crippen LogP contribution in [0.4, 0.5) is 0 Å². The average Bonchev–Trinajstić information content (AvgIpc) is 2.54. The van der Waals surface area contributed by atoms with Crippen molar-refractivity contribution in [3.05, 3.63) is 21.1 Å². The van der Waals surface area contributed by atoms with Crippen LogP contribution in [0, 0.1) is 3.57 Å². The molecule has 0 atom stereocenters. The van der Waals surface area contributed by atoms with Crippen molar-refractivity contribution >= 4 is 44.0 Å². The number of fused-ring (bicyclic) bond motifs is 1. The summed E-state index contributed by atoms with van der Waals surface area (Å²) in [7, 11) is 0. The molecule has 0 spiro atoms. The molecule has 2 aromatic rings. The summed E-state index contributed by atoms with van der Waals surface area (Å²) in [6.45, 7) is 2.60. The van der Waals surface area contributed by atoms with Gasteiger partial charge in [-0.2, -0.15) is 0 Å². The Hall–Kier alpha value is -0.490. The lowest BCUT2D eigenvalue weighted by Gasteiger charge is -2.06. The van der Waals surface area contributed by atoms with Gasteiger partial charge in [-0.15, -0.1) is 11.3 Å². The number of rotatable bonds is 2. The molecule has 14 heavy (non-hydrogen) atoms. The van der Waals surface area contributed by atoms with Crippen LogP contribution in [0.3, 0.4) is 0 Å². The Labute approximate surface area is 99.7 Å². The number of hydrogen-bond acceptors (Lipinski definition) is 3. The second-order valence-electron chi connectivity index (χ2n) is 2.80. The molecule has 0 aliphatic carbocycles. The Balaban J connectivity index is 2.66. The number of ether oxygens (including phenoxy) is 1. The molecule has 0 unspecified atom stereocenters. The minimum Gasteiger partial charge on any atom is -0.506 e. The maximum atomic E-state index is 9.63. The van der Waals surface area contributed by atoms with E-state index in [9.17, 15) is 5.11 Å². The Morgan fingerprint density at radius 2 is 2.29 bits per heavy atom. The molecule has 1 aromatic heterocycles. The summed E-state index contributed by atoms with van der Waals surface area (Å²) in [6, 6.07) is 3.93. The van der Waals surface area contributed by atoms with Crippen LogP contribution in [-0.2, 0) is 0 Å². The van der Waals surface area contributed by atoms with Gasteiger partial charge in [-0.05, 0) is 41.6 Å². The predicted octanol–water partition coefficient (Wildman–Crippen LogP) is 3.61. The Kier molecular flexibility index (Phi) is 2.83. The number of thiophene rings is 1. The van der Waals surface area contributed by atoms with Crippen LogP contribution in [-0.4, -0.2) is 11.7 Å². The van der Waals surface area contributed by atoms with Crippen LogP contribution >= 0.6 is 33.9 Å². The Morgan fingerprint density at radius 1 is 1.50 bits per heavy atom. The van der Waals surface area contributed by atoms with E-state index in [-0.39, 0.29) is 0 Å². The topological polar surface area (TPSA) is 29.5 Å². The van der Waals surface area contributed by atoms with Gasteiger partial charge in [-0.3, -0.25) is 0 Å². The molecule has 1 N–H and O–H groups in total. The second kappa shape index (κ2) is 3.94. The van der Waals surface area contributed by atoms with Crippen LogP contribution in [0.25, 0.3) is 10.1 Å². The van der Waals surface area contributed by atoms with E-state index in [4.69, 9.17) is 4.74 Å². The zero-order valence-corrected chi connectivity index (χ0v) is 10.6. The molecule has 1 aromatic carbocycles. The SMILES string of the molecule is CCOc1ccc2scc(O)c2c1I. The maximum Gasteiger partial charge on any atom is 0.135 e. The number of benzene rings is 1. The van der Waals surface area contributed by atoms with E-state index in [1.807, 2.05) is 19.1 Å². The molecule has 0 bridgehead atoms. The molecule has 4 heteroatoms. The van der Waals surface area contributed by atoms with E-state index in [0.717, 1.165) is 19.4 Å². The fourth-order valence-electron chi connectivity index (χ4n) is 1.32. The van der Waals surface area contributed by atoms with Gasteiger partial charge in [0.1, 0.15) is 11.5 Å². The van der Waals surface area contributed by atoms with Gasteiger partial charge in [0.25, 0.3) is 0 Å². The van der Waals surface area contributed by atoms with Crippen LogP contribution in [0.15, 0.2) is 17.5 Å². The summed E-state index contributed by atoms with van der Waals surface area (Å²) >= 11 is 3.75. The van der Waals surface area contributed by atoms with E-state index < -0.39 is 0 Å². The van der Waals surface area contributed by atoms with Crippen molar-refractivity contribution in [3.63, 3.8) is 0 Å². The van der Waals surface area contributed by atoms with Crippen molar-refractivity contribution in [2.45, 2.75) is 6.92 Å². The summed E-state index contributed by atoms with van der Waals surface area (Å²) in [5.74, 6) is 1.19. The van der Waals surface area contributed by atoms with Gasteiger partial charge in [-0.1, -0.05) is 0 Å². The summed E-state index contributed by atoms with van der Waals surface area (Å²) in [5, 5.41) is 12.3. The highest BCUT2D eigenvalue weighted by molar-refractivity contribution is 14.1. The first kappa shape index (κ1) is 10.0. The predicted molar refractivity (Wildman–Crippen MR) is 67.4 cm³/mol. The van der Waals surface area contributed by atoms with Gasteiger partial charge in [0.2, 0.25) is 0 Å². The molecule has 0 saturated heterocycles. The zero-order valence-electron chi connectivity index (χ0n) is 7.58. The van der Waals surface area contributed by atoms with Crippen LogP contribution in [0.1, 0.15) is 6.92 Å². The molecule has 0 radical (unpaired) electrons. The lowest BCUT2D eigenvalue weighted by Crippen LogP contribution is -1.93. The molecule has 2 nitrogen and oxygen atoms in total. The molecule has 0 aliphatic rings. The van der Waals surface area contributed by atoms with Crippen molar-refractivity contribution in [2.24, 2.45) is 0 Å². The van der Waals surface area contributed by atoms with Crippen molar-refractivity contribution in [2.75, 3.05) is 6.61 Å². The van der Waals surface area contributed by atoms with Gasteiger partial charge >= 0.3 is 0 Å². The summed E-state index contributed by atoms with van der Waals surface area (Å²) in [6.07, 6.45) is 0. The van der Waals surface area contributed by atoms with Gasteiger partial charge in [0.05, 0.1) is 15.6 Å². The van der Waals surface area contributed by atoms with Crippen molar-refractivity contribution in [1.29, 1.82) is 0 Å². The van der Waals surface area contributed by atoms with Crippen LogP contribution in [0.2, 0.25) is 0 Å². The second-order valence-corrected chi connectivity index (χ2v) is 4.79. The first-order chi connectivity index (χ1) is 6.74. The maximum absolute atomic E-state index is 9.63. The summed E-state index contributed by atoms with van der Waals surface area (Å²) in [4.78, 5) is 0. The highest BCUT2D eigenvalue weighted by atomic mass is 127. The number of aromatic hydroxyl groups is 1. The quantitative estimate of drug-likeness (QED) is 0.857. The van der Waals surface area contributed by atoms with Crippen LogP contribution in [0.5, 0.6) is 11.5 Å². The largest absolute Gasteiger partial charge is 0.506 e. The minimum absolute atomic E-state index is 0.343. The van der Waals surface area contributed by atoms with E-state index >= 15 is 0 Å². The normalized spacial score (nSPS) is 10.7. The summed E-state index contributed by atoms with van der Waals surface area (Å²) in [5.41, 5.74) is 0. The fraction of sp³-hybridized carbons (Fsp3) is 0.200. The molecular formula is C10H9IO2S. The fourth-order valence-corrected chi connectivity index (χ4v) is 3.23. The molecule has 2 rings (SSSR count). The Bertz CT molecular complexity index is 464. The third-order valence-corrected chi connectivity index (χ3v) is 3.93. The number of hydrogen-bond donors (Lipinski definition) is 1. The summed E-state index contributed by atoms with van der Waals surface area (Å²) < 4.78 is 7.53. The lowest BCUT2D eigenvalue weighted by molar-refractivity contribution is 0.338. The molecule has 0 amide bonds. The minimum atomic E-state index is 0.343. The molecule has 0 fully saturated rings. The van der Waals surface area contributed by atoms with Gasteiger partial charge in [0.15, 0.2) is 0 Å². The smallest absolute Gasteiger partial charge is 0.135 e. The monoisotopic (exact) mass is 320 g/mol. The molecular weight excluding hydrogens is 311 g/mol. The van der Waals surface area contributed by atoms with Gasteiger partial charge in [-0.25, -0.2) is 0 Å². The molecule has 1 heterocycles. The lowest BCUT2D eigenvalue weighted by atomic mass is 10.2. The van der Waals surface area contributed by atoms with Crippen LogP contribution < -0.4 is 4.74 Å². The van der Waals surface area contributed by atoms with E-state index in [1.165, 1.54) is 0 Å². The highest BCUT2D eigenvalue weighted by Gasteiger charge is 2.10. The van der Waals surface area contributed by atoms with E-state index in [0.29, 0.717) is 12.4 Å². The van der Waals surface area contributed by atoms with E-state index in [1.54, 1.807) is 16.7 Å². The molecule has 0 aliphatic heterocycles. The third kappa shape index (κ3) is 1.56. The van der Waals surface area contributed by atoms with Gasteiger partial charge in [0, 0.05) is 10.1 Å². The van der Waals surface area contributed by atoms with Crippen molar-refractivity contribution in [1.82, 2.24) is 0 Å². The van der Waals surface area contributed by atoms with Gasteiger partial charge < -0.3 is 9.84 Å². The zero-order chi connectivity index (χ0) is 10.1. The number of halogens is 1. The van der Waals surface area contributed by atoms with Crippen molar-refractivity contribution in [3.8, 4) is 11.5 Å². The molecule has 0 saturated carbocycles. The Morgan fingerprint density at radius 3 is 3.00 bits per heavy atom. The first-order valence-corrected chi connectivity index (χ1v) is 6.21. The average molecular weight is 320 g/mol. The third-order valence-electron chi connectivity index (χ3n) is 1.92.